The average Bonchev–Trinajstić information content (AvgIpc) is 2.10. The summed E-state index contributed by atoms with van der Waals surface area (Å²) in [7, 11) is -3.38. The van der Waals surface area contributed by atoms with Gasteiger partial charge >= 0.3 is 0 Å². The predicted octanol–water partition coefficient (Wildman–Crippen LogP) is -0.335. The quantitative estimate of drug-likeness (QED) is 0.618. The van der Waals surface area contributed by atoms with Gasteiger partial charge < -0.3 is 11.1 Å². The van der Waals surface area contributed by atoms with E-state index in [0.717, 1.165) is 19.1 Å². The molecule has 0 spiro atoms. The van der Waals surface area contributed by atoms with Gasteiger partial charge in [-0.2, -0.15) is 0 Å². The van der Waals surface area contributed by atoms with E-state index in [1.54, 1.807) is 0 Å². The highest BCUT2D eigenvalue weighted by Gasteiger charge is 2.37. The number of nitrogens with one attached hydrogen (secondary N) is 1. The van der Waals surface area contributed by atoms with Gasteiger partial charge in [-0.25, -0.2) is 8.42 Å². The molecule has 6 heteroatoms. The molecule has 0 bridgehead atoms. The maximum Gasteiger partial charge on any atom is 0.240 e. The number of rotatable bonds is 6. The van der Waals surface area contributed by atoms with Crippen LogP contribution >= 0.6 is 0 Å². The first-order chi connectivity index (χ1) is 6.73. The second-order valence-electron chi connectivity index (χ2n) is 4.03. The first-order valence-electron chi connectivity index (χ1n) is 4.91. The minimum absolute atomic E-state index is 0.456. The Hall–Kier alpha value is -0.620. The third kappa shape index (κ3) is 4.17. The molecule has 0 unspecified atom stereocenters. The lowest BCUT2D eigenvalue weighted by molar-refractivity contribution is -0.122. The summed E-state index contributed by atoms with van der Waals surface area (Å²) in [6, 6.07) is 0. The molecule has 0 aromatic carbocycles. The number of carbonyl (C=O) groups is 1. The van der Waals surface area contributed by atoms with Crippen molar-refractivity contribution in [3.63, 3.8) is 0 Å². The van der Waals surface area contributed by atoms with E-state index < -0.39 is 20.5 Å². The van der Waals surface area contributed by atoms with Crippen LogP contribution in [0.4, 0.5) is 0 Å². The number of amides is 1. The van der Waals surface area contributed by atoms with Crippen molar-refractivity contribution in [2.45, 2.75) is 31.4 Å². The zero-order chi connectivity index (χ0) is 12.1. The van der Waals surface area contributed by atoms with Crippen molar-refractivity contribution in [3.8, 4) is 0 Å². The van der Waals surface area contributed by atoms with Crippen LogP contribution in [-0.4, -0.2) is 38.4 Å². The van der Waals surface area contributed by atoms with Crippen LogP contribution in [0.5, 0.6) is 0 Å². The summed E-state index contributed by atoms with van der Waals surface area (Å²) in [6.45, 7) is 3.85. The van der Waals surface area contributed by atoms with Crippen LogP contribution in [0.2, 0.25) is 0 Å². The van der Waals surface area contributed by atoms with Crippen LogP contribution < -0.4 is 11.1 Å². The van der Waals surface area contributed by atoms with E-state index in [9.17, 15) is 13.2 Å². The monoisotopic (exact) mass is 236 g/mol. The van der Waals surface area contributed by atoms with Crippen molar-refractivity contribution < 1.29 is 13.2 Å². The molecule has 0 aliphatic carbocycles. The lowest BCUT2D eigenvalue weighted by Crippen LogP contribution is -2.47. The van der Waals surface area contributed by atoms with Crippen LogP contribution in [-0.2, 0) is 14.6 Å². The molecule has 0 aliphatic rings. The summed E-state index contributed by atoms with van der Waals surface area (Å²) in [4.78, 5) is 11.6. The van der Waals surface area contributed by atoms with Gasteiger partial charge in [0.2, 0.25) is 5.91 Å². The molecular weight excluding hydrogens is 216 g/mol. The second kappa shape index (κ2) is 5.46. The number of nitrogens with two attached hydrogens (primary N) is 1. The van der Waals surface area contributed by atoms with E-state index in [1.165, 1.54) is 13.8 Å². The van der Waals surface area contributed by atoms with Crippen LogP contribution in [0.1, 0.15) is 26.7 Å². The van der Waals surface area contributed by atoms with Crippen LogP contribution in [0.3, 0.4) is 0 Å². The summed E-state index contributed by atoms with van der Waals surface area (Å²) < 4.78 is 21.2. The van der Waals surface area contributed by atoms with E-state index >= 15 is 0 Å². The predicted molar refractivity (Wildman–Crippen MR) is 60.2 cm³/mol. The minimum Gasteiger partial charge on any atom is -0.355 e. The fraction of sp³-hybridized carbons (Fsp3) is 0.889. The van der Waals surface area contributed by atoms with E-state index in [-0.39, 0.29) is 0 Å². The average molecular weight is 236 g/mol. The Kier molecular flexibility index (Phi) is 5.23. The van der Waals surface area contributed by atoms with Gasteiger partial charge in [0.05, 0.1) is 0 Å². The summed E-state index contributed by atoms with van der Waals surface area (Å²) in [5.74, 6) is -0.456. The smallest absolute Gasteiger partial charge is 0.240 e. The number of unbranched alkanes of at least 4 members (excludes halogenated alkanes) is 1. The van der Waals surface area contributed by atoms with Gasteiger partial charge in [0.15, 0.2) is 9.84 Å². The molecular formula is C9H20N2O3S. The summed E-state index contributed by atoms with van der Waals surface area (Å²) in [6.07, 6.45) is 2.65. The zero-order valence-electron chi connectivity index (χ0n) is 9.54. The molecule has 90 valence electrons. The molecule has 3 N–H and O–H groups in total. The summed E-state index contributed by atoms with van der Waals surface area (Å²) in [5, 5.41) is 2.59. The molecule has 1 amide bonds. The van der Waals surface area contributed by atoms with Gasteiger partial charge in [-0.05, 0) is 33.2 Å². The Morgan fingerprint density at radius 2 is 1.87 bits per heavy atom. The Morgan fingerprint density at radius 1 is 1.33 bits per heavy atom. The van der Waals surface area contributed by atoms with Crippen molar-refractivity contribution >= 4 is 15.7 Å². The largest absolute Gasteiger partial charge is 0.355 e. The van der Waals surface area contributed by atoms with Crippen molar-refractivity contribution in [1.29, 1.82) is 0 Å². The highest BCUT2D eigenvalue weighted by molar-refractivity contribution is 7.92. The van der Waals surface area contributed by atoms with Gasteiger partial charge in [-0.1, -0.05) is 0 Å². The molecule has 0 aromatic heterocycles. The Balaban J connectivity index is 4.22. The molecule has 0 radical (unpaired) electrons. The van der Waals surface area contributed by atoms with E-state index in [2.05, 4.69) is 5.32 Å². The van der Waals surface area contributed by atoms with E-state index in [0.29, 0.717) is 13.1 Å². The molecule has 5 nitrogen and oxygen atoms in total. The van der Waals surface area contributed by atoms with Crippen LogP contribution in [0, 0.1) is 0 Å². The lowest BCUT2D eigenvalue weighted by Gasteiger charge is -2.21. The first-order valence-corrected chi connectivity index (χ1v) is 6.80. The SMILES string of the molecule is CC(C)(C(=O)NCCCCN)S(C)(=O)=O. The molecule has 0 rings (SSSR count). The third-order valence-electron chi connectivity index (χ3n) is 2.39. The molecule has 15 heavy (non-hydrogen) atoms. The summed E-state index contributed by atoms with van der Waals surface area (Å²) >= 11 is 0. The Morgan fingerprint density at radius 3 is 2.27 bits per heavy atom. The fourth-order valence-electron chi connectivity index (χ4n) is 0.853. The fourth-order valence-corrected chi connectivity index (χ4v) is 1.26. The maximum atomic E-state index is 11.6. The van der Waals surface area contributed by atoms with Crippen LogP contribution in [0.25, 0.3) is 0 Å². The van der Waals surface area contributed by atoms with Crippen molar-refractivity contribution in [2.24, 2.45) is 5.73 Å². The first kappa shape index (κ1) is 14.4. The molecule has 0 aliphatic heterocycles. The van der Waals surface area contributed by atoms with Gasteiger partial charge in [0.25, 0.3) is 0 Å². The molecule has 0 aromatic rings. The molecule has 0 saturated heterocycles. The second-order valence-corrected chi connectivity index (χ2v) is 6.60. The van der Waals surface area contributed by atoms with E-state index in [1.807, 2.05) is 0 Å². The number of carbonyl (C=O) groups excluding carboxylic acids is 1. The van der Waals surface area contributed by atoms with Gasteiger partial charge in [0, 0.05) is 12.8 Å². The lowest BCUT2D eigenvalue weighted by atomic mass is 10.2. The van der Waals surface area contributed by atoms with Gasteiger partial charge in [-0.15, -0.1) is 0 Å². The topological polar surface area (TPSA) is 89.3 Å². The van der Waals surface area contributed by atoms with Gasteiger partial charge in [0.1, 0.15) is 4.75 Å². The number of sulfone groups is 1. The maximum absolute atomic E-state index is 11.6. The molecule has 0 fully saturated rings. The molecule has 0 saturated carbocycles. The molecule has 0 atom stereocenters. The summed E-state index contributed by atoms with van der Waals surface area (Å²) in [5.41, 5.74) is 5.29. The van der Waals surface area contributed by atoms with Crippen molar-refractivity contribution in [1.82, 2.24) is 5.32 Å². The molecule has 0 heterocycles. The van der Waals surface area contributed by atoms with Gasteiger partial charge in [-0.3, -0.25) is 4.79 Å². The number of hydrogen-bond donors (Lipinski definition) is 2. The minimum atomic E-state index is -3.38. The van der Waals surface area contributed by atoms with Crippen molar-refractivity contribution in [2.75, 3.05) is 19.3 Å². The number of hydrogen-bond acceptors (Lipinski definition) is 4. The highest BCUT2D eigenvalue weighted by atomic mass is 32.2. The normalized spacial score (nSPS) is 12.5. The Labute approximate surface area is 91.3 Å². The van der Waals surface area contributed by atoms with Crippen molar-refractivity contribution in [3.05, 3.63) is 0 Å². The highest BCUT2D eigenvalue weighted by Crippen LogP contribution is 2.14. The Bertz CT molecular complexity index is 309. The zero-order valence-corrected chi connectivity index (χ0v) is 10.4. The standard InChI is InChI=1S/C9H20N2O3S/c1-9(2,15(3,13)14)8(12)11-7-5-4-6-10/h4-7,10H2,1-3H3,(H,11,12). The third-order valence-corrected chi connectivity index (χ3v) is 4.43. The van der Waals surface area contributed by atoms with Crippen LogP contribution in [0.15, 0.2) is 0 Å². The van der Waals surface area contributed by atoms with E-state index in [4.69, 9.17) is 5.73 Å².